The van der Waals surface area contributed by atoms with Crippen LogP contribution in [0.4, 0.5) is 61.5 Å². The van der Waals surface area contributed by atoms with Gasteiger partial charge in [0.15, 0.2) is 0 Å². The van der Waals surface area contributed by atoms with Crippen molar-refractivity contribution in [3.8, 4) is 0 Å². The van der Waals surface area contributed by atoms with Crippen LogP contribution in [0.25, 0.3) is 0 Å². The molecule has 0 aromatic carbocycles. The minimum Gasteiger partial charge on any atom is -0.461 e. The number of halogens is 14. The number of rotatable bonds is 13. The molecule has 37 heavy (non-hydrogen) atoms. The SMILES string of the molecule is C=CC(=O)OCCNS(=O)(=O)CCCC(CC(F)(C(F)(F)F)C(F)(F)F)CC(F)(C(F)(F)F)C(F)(F)F. The molecule has 0 aromatic heterocycles. The van der Waals surface area contributed by atoms with Gasteiger partial charge in [0.05, 0.1) is 5.75 Å². The zero-order valence-electron chi connectivity index (χ0n) is 18.1. The fourth-order valence-corrected chi connectivity index (χ4v) is 3.98. The summed E-state index contributed by atoms with van der Waals surface area (Å²) in [4.78, 5) is 10.8. The van der Waals surface area contributed by atoms with Gasteiger partial charge in [0.1, 0.15) is 6.61 Å². The summed E-state index contributed by atoms with van der Waals surface area (Å²) < 4.78 is 212. The molecule has 0 spiro atoms. The molecule has 20 heteroatoms. The van der Waals surface area contributed by atoms with Crippen LogP contribution in [0.3, 0.4) is 0 Å². The number of hydrogen-bond donors (Lipinski definition) is 1. The second-order valence-corrected chi connectivity index (χ2v) is 9.52. The molecule has 0 fully saturated rings. The van der Waals surface area contributed by atoms with E-state index in [1.54, 1.807) is 4.72 Å². The Morgan fingerprint density at radius 2 is 1.16 bits per heavy atom. The molecule has 0 unspecified atom stereocenters. The number of nitrogens with one attached hydrogen (secondary N) is 1. The Morgan fingerprint density at radius 1 is 0.784 bits per heavy atom. The monoisotopic (exact) mass is 599 g/mol. The third-order valence-electron chi connectivity index (χ3n) is 4.80. The fraction of sp³-hybridized carbons (Fsp3) is 0.824. The second-order valence-electron chi connectivity index (χ2n) is 7.59. The lowest BCUT2D eigenvalue weighted by Gasteiger charge is -2.37. The van der Waals surface area contributed by atoms with E-state index < -0.39 is 103 Å². The molecule has 0 amide bonds. The third kappa shape index (κ3) is 9.43. The first-order valence-electron chi connectivity index (χ1n) is 9.65. The van der Waals surface area contributed by atoms with Crippen molar-refractivity contribution in [1.29, 1.82) is 0 Å². The first kappa shape index (κ1) is 35.1. The number of ether oxygens (including phenoxy) is 1. The van der Waals surface area contributed by atoms with Crippen LogP contribution >= 0.6 is 0 Å². The van der Waals surface area contributed by atoms with E-state index in [-0.39, 0.29) is 0 Å². The summed E-state index contributed by atoms with van der Waals surface area (Å²) in [5.74, 6) is -5.53. The van der Waals surface area contributed by atoms with Crippen molar-refractivity contribution in [1.82, 2.24) is 4.72 Å². The van der Waals surface area contributed by atoms with Crippen molar-refractivity contribution in [2.45, 2.75) is 61.7 Å². The number of alkyl halides is 14. The van der Waals surface area contributed by atoms with Gasteiger partial charge in [-0.2, -0.15) is 52.7 Å². The van der Waals surface area contributed by atoms with Crippen LogP contribution in [0.2, 0.25) is 0 Å². The van der Waals surface area contributed by atoms with E-state index in [1.165, 1.54) is 0 Å². The molecule has 0 aliphatic carbocycles. The van der Waals surface area contributed by atoms with Crippen molar-refractivity contribution in [3.05, 3.63) is 12.7 Å². The van der Waals surface area contributed by atoms with Crippen LogP contribution in [0.5, 0.6) is 0 Å². The van der Waals surface area contributed by atoms with E-state index >= 15 is 0 Å². The van der Waals surface area contributed by atoms with Crippen LogP contribution in [0, 0.1) is 5.92 Å². The molecule has 0 saturated heterocycles. The summed E-state index contributed by atoms with van der Waals surface area (Å²) in [6, 6.07) is 0. The lowest BCUT2D eigenvalue weighted by Crippen LogP contribution is -2.57. The van der Waals surface area contributed by atoms with Crippen molar-refractivity contribution >= 4 is 16.0 Å². The lowest BCUT2D eigenvalue weighted by molar-refractivity contribution is -0.356. The van der Waals surface area contributed by atoms with E-state index in [1.807, 2.05) is 0 Å². The summed E-state index contributed by atoms with van der Waals surface area (Å²) in [6.07, 6.45) is -35.9. The van der Waals surface area contributed by atoms with E-state index in [0.29, 0.717) is 6.08 Å². The Hall–Kier alpha value is -1.86. The standard InChI is InChI=1S/C17H19F14NO4S/c1-2-11(33)36-6-5-32-37(34,35)7-3-4-10(8-12(18,14(20,21)22)15(23,24)25)9-13(19,16(26,27)28)17(29,30)31/h2,10,32H,1,3-9H2. The molecule has 0 aromatic rings. The maximum atomic E-state index is 14.1. The van der Waals surface area contributed by atoms with Crippen molar-refractivity contribution in [2.24, 2.45) is 5.92 Å². The van der Waals surface area contributed by atoms with Crippen LogP contribution in [-0.4, -0.2) is 69.3 Å². The molecule has 0 radical (unpaired) electrons. The van der Waals surface area contributed by atoms with Gasteiger partial charge in [-0.25, -0.2) is 26.7 Å². The van der Waals surface area contributed by atoms with Gasteiger partial charge in [-0.3, -0.25) is 0 Å². The maximum Gasteiger partial charge on any atom is 0.431 e. The average Bonchev–Trinajstić information content (AvgIpc) is 2.67. The van der Waals surface area contributed by atoms with Crippen molar-refractivity contribution in [3.63, 3.8) is 0 Å². The first-order chi connectivity index (χ1) is 16.2. The van der Waals surface area contributed by atoms with E-state index in [0.717, 1.165) is 0 Å². The minimum absolute atomic E-state index is 0.601. The van der Waals surface area contributed by atoms with Gasteiger partial charge in [0, 0.05) is 25.5 Å². The molecule has 0 saturated carbocycles. The number of esters is 1. The highest BCUT2D eigenvalue weighted by Gasteiger charge is 2.75. The summed E-state index contributed by atoms with van der Waals surface area (Å²) >= 11 is 0. The Balaban J connectivity index is 5.92. The van der Waals surface area contributed by atoms with Gasteiger partial charge in [-0.05, 0) is 18.8 Å². The van der Waals surface area contributed by atoms with Gasteiger partial charge in [-0.15, -0.1) is 0 Å². The second kappa shape index (κ2) is 11.9. The highest BCUT2D eigenvalue weighted by atomic mass is 32.2. The average molecular weight is 599 g/mol. The predicted molar refractivity (Wildman–Crippen MR) is 96.8 cm³/mol. The summed E-state index contributed by atoms with van der Waals surface area (Å²) in [5.41, 5.74) is -12.7. The van der Waals surface area contributed by atoms with Gasteiger partial charge >= 0.3 is 30.7 Å². The summed E-state index contributed by atoms with van der Waals surface area (Å²) in [5, 5.41) is 0. The molecule has 5 nitrogen and oxygen atoms in total. The fourth-order valence-electron chi connectivity index (χ4n) is 2.90. The van der Waals surface area contributed by atoms with Crippen molar-refractivity contribution < 1.29 is 79.4 Å². The van der Waals surface area contributed by atoms with Crippen LogP contribution in [-0.2, 0) is 19.6 Å². The van der Waals surface area contributed by atoms with Crippen molar-refractivity contribution in [2.75, 3.05) is 18.9 Å². The molecular formula is C17H19F14NO4S. The topological polar surface area (TPSA) is 72.5 Å². The Morgan fingerprint density at radius 3 is 1.49 bits per heavy atom. The highest BCUT2D eigenvalue weighted by Crippen LogP contribution is 2.54. The van der Waals surface area contributed by atoms with E-state index in [2.05, 4.69) is 11.3 Å². The largest absolute Gasteiger partial charge is 0.461 e. The number of carbonyl (C=O) groups excluding carboxylic acids is 1. The molecule has 1 N–H and O–H groups in total. The van der Waals surface area contributed by atoms with Crippen LogP contribution < -0.4 is 4.72 Å². The van der Waals surface area contributed by atoms with Crippen LogP contribution in [0.15, 0.2) is 12.7 Å². The van der Waals surface area contributed by atoms with Gasteiger partial charge in [-0.1, -0.05) is 6.58 Å². The molecule has 0 bridgehead atoms. The molecular weight excluding hydrogens is 580 g/mol. The van der Waals surface area contributed by atoms with E-state index in [4.69, 9.17) is 0 Å². The molecule has 220 valence electrons. The number of carbonyl (C=O) groups is 1. The van der Waals surface area contributed by atoms with Gasteiger partial charge in [0.25, 0.3) is 11.3 Å². The van der Waals surface area contributed by atoms with Gasteiger partial charge < -0.3 is 4.74 Å². The molecule has 0 atom stereocenters. The number of sulfonamides is 1. The number of hydrogen-bond acceptors (Lipinski definition) is 4. The molecule has 0 rings (SSSR count). The quantitative estimate of drug-likeness (QED) is 0.132. The molecule has 0 aliphatic heterocycles. The predicted octanol–water partition coefficient (Wildman–Crippen LogP) is 5.48. The first-order valence-corrected chi connectivity index (χ1v) is 11.3. The Labute approximate surface area is 200 Å². The van der Waals surface area contributed by atoms with E-state index in [9.17, 15) is 74.7 Å². The third-order valence-corrected chi connectivity index (χ3v) is 6.27. The normalized spacial score (nSPS) is 14.7. The smallest absolute Gasteiger partial charge is 0.431 e. The zero-order valence-corrected chi connectivity index (χ0v) is 19.0. The van der Waals surface area contributed by atoms with Gasteiger partial charge in [0.2, 0.25) is 10.0 Å². The van der Waals surface area contributed by atoms with Crippen LogP contribution in [0.1, 0.15) is 25.7 Å². The summed E-state index contributed by atoms with van der Waals surface area (Å²) in [7, 11) is -4.53. The highest BCUT2D eigenvalue weighted by molar-refractivity contribution is 7.89. The summed E-state index contributed by atoms with van der Waals surface area (Å²) in [6.45, 7) is 1.76. The Kier molecular flexibility index (Phi) is 11.3. The minimum atomic E-state index is -6.88. The zero-order chi connectivity index (χ0) is 29.7. The molecule has 0 heterocycles. The maximum absolute atomic E-state index is 14.1. The molecule has 0 aliphatic rings. The Bertz CT molecular complexity index is 808. The lowest BCUT2D eigenvalue weighted by atomic mass is 9.80.